The van der Waals surface area contributed by atoms with Crippen molar-refractivity contribution in [3.8, 4) is 0 Å². The van der Waals surface area contributed by atoms with Crippen molar-refractivity contribution < 1.29 is 0 Å². The van der Waals surface area contributed by atoms with Gasteiger partial charge in [-0.3, -0.25) is 0 Å². The van der Waals surface area contributed by atoms with E-state index in [-0.39, 0.29) is 0 Å². The van der Waals surface area contributed by atoms with Crippen LogP contribution in [0.5, 0.6) is 0 Å². The minimum atomic E-state index is 0.335. The highest BCUT2D eigenvalue weighted by Crippen LogP contribution is 2.26. The zero-order chi connectivity index (χ0) is 14.6. The molecule has 0 aliphatic heterocycles. The fraction of sp³-hybridized carbons (Fsp3) is 0.474. The zero-order valence-electron chi connectivity index (χ0n) is 13.2. The lowest BCUT2D eigenvalue weighted by Gasteiger charge is -2.26. The molecule has 0 saturated carbocycles. The van der Waals surface area contributed by atoms with Gasteiger partial charge < -0.3 is 5.32 Å². The molecule has 0 fully saturated rings. The number of aryl methyl sites for hydroxylation is 1. The molecule has 1 N–H and O–H groups in total. The predicted octanol–water partition coefficient (Wildman–Crippen LogP) is 4.80. The van der Waals surface area contributed by atoms with Crippen LogP contribution < -0.4 is 5.32 Å². The minimum Gasteiger partial charge on any atom is -0.314 e. The number of benzene rings is 2. The van der Waals surface area contributed by atoms with E-state index in [9.17, 15) is 0 Å². The van der Waals surface area contributed by atoms with Crippen molar-refractivity contribution in [1.29, 1.82) is 0 Å². The Labute approximate surface area is 123 Å². The first-order valence-corrected chi connectivity index (χ1v) is 7.68. The molecule has 2 rings (SSSR count). The molecule has 0 bridgehead atoms. The molecule has 0 heterocycles. The smallest absolute Gasteiger partial charge is 0.00106 e. The van der Waals surface area contributed by atoms with E-state index in [0.717, 1.165) is 13.0 Å². The van der Waals surface area contributed by atoms with Crippen LogP contribution in [0.4, 0.5) is 0 Å². The zero-order valence-corrected chi connectivity index (χ0v) is 13.2. The summed E-state index contributed by atoms with van der Waals surface area (Å²) in [5.41, 5.74) is 1.81. The van der Waals surface area contributed by atoms with Gasteiger partial charge >= 0.3 is 0 Å². The van der Waals surface area contributed by atoms with Gasteiger partial charge in [0.15, 0.2) is 0 Å². The fourth-order valence-corrected chi connectivity index (χ4v) is 2.55. The molecule has 2 aromatic rings. The maximum atomic E-state index is 3.56. The van der Waals surface area contributed by atoms with E-state index in [0.29, 0.717) is 11.5 Å². The Morgan fingerprint density at radius 3 is 2.45 bits per heavy atom. The van der Waals surface area contributed by atoms with Crippen molar-refractivity contribution in [3.05, 3.63) is 48.0 Å². The summed E-state index contributed by atoms with van der Waals surface area (Å²) in [6.45, 7) is 10.2. The van der Waals surface area contributed by atoms with Crippen LogP contribution in [0.25, 0.3) is 10.8 Å². The van der Waals surface area contributed by atoms with Gasteiger partial charge in [-0.15, -0.1) is 0 Å². The molecule has 0 spiro atoms. The summed E-state index contributed by atoms with van der Waals surface area (Å²) in [6.07, 6.45) is 2.36. The van der Waals surface area contributed by atoms with Gasteiger partial charge in [-0.2, -0.15) is 0 Å². The Hall–Kier alpha value is -1.34. The molecular formula is C19H27N. The molecule has 0 amide bonds. The quantitative estimate of drug-likeness (QED) is 0.794. The lowest BCUT2D eigenvalue weighted by Crippen LogP contribution is -2.34. The predicted molar refractivity (Wildman–Crippen MR) is 89.2 cm³/mol. The lowest BCUT2D eigenvalue weighted by atomic mass is 9.85. The van der Waals surface area contributed by atoms with Crippen LogP contribution >= 0.6 is 0 Å². The molecule has 1 nitrogen and oxygen atoms in total. The Morgan fingerprint density at radius 1 is 1.00 bits per heavy atom. The van der Waals surface area contributed by atoms with Crippen molar-refractivity contribution >= 4 is 10.8 Å². The summed E-state index contributed by atoms with van der Waals surface area (Å²) in [7, 11) is 0. The summed E-state index contributed by atoms with van der Waals surface area (Å²) in [5.74, 6) is 0. The SMILES string of the molecule is CC(C)NCC(C)(C)CCc1cccc2ccccc12. The van der Waals surface area contributed by atoms with Crippen molar-refractivity contribution in [3.63, 3.8) is 0 Å². The monoisotopic (exact) mass is 269 g/mol. The molecule has 0 aliphatic rings. The third-order valence-corrected chi connectivity index (χ3v) is 3.94. The highest BCUT2D eigenvalue weighted by atomic mass is 14.9. The third-order valence-electron chi connectivity index (χ3n) is 3.94. The van der Waals surface area contributed by atoms with E-state index in [1.54, 1.807) is 0 Å². The van der Waals surface area contributed by atoms with Gasteiger partial charge in [-0.05, 0) is 34.6 Å². The molecule has 0 unspecified atom stereocenters. The first-order chi connectivity index (χ1) is 9.48. The number of rotatable bonds is 6. The summed E-state index contributed by atoms with van der Waals surface area (Å²) >= 11 is 0. The average Bonchev–Trinajstić information content (AvgIpc) is 2.43. The van der Waals surface area contributed by atoms with E-state index in [4.69, 9.17) is 0 Å². The maximum absolute atomic E-state index is 3.56. The summed E-state index contributed by atoms with van der Waals surface area (Å²) in [6, 6.07) is 15.9. The molecule has 0 aromatic heterocycles. The standard InChI is InChI=1S/C19H27N/c1-15(2)20-14-19(3,4)13-12-17-10-7-9-16-8-5-6-11-18(16)17/h5-11,15,20H,12-14H2,1-4H3. The second-order valence-corrected chi connectivity index (χ2v) is 6.84. The normalized spacial score (nSPS) is 12.2. The topological polar surface area (TPSA) is 12.0 Å². The van der Waals surface area contributed by atoms with Gasteiger partial charge in [0, 0.05) is 12.6 Å². The molecule has 20 heavy (non-hydrogen) atoms. The number of nitrogens with one attached hydrogen (secondary N) is 1. The van der Waals surface area contributed by atoms with Crippen molar-refractivity contribution in [2.75, 3.05) is 6.54 Å². The molecule has 0 saturated heterocycles. The van der Waals surface area contributed by atoms with Gasteiger partial charge in [0.1, 0.15) is 0 Å². The molecule has 1 heteroatoms. The van der Waals surface area contributed by atoms with Gasteiger partial charge in [-0.25, -0.2) is 0 Å². The van der Waals surface area contributed by atoms with Crippen LogP contribution in [0, 0.1) is 5.41 Å². The molecule has 108 valence electrons. The molecular weight excluding hydrogens is 242 g/mol. The average molecular weight is 269 g/mol. The van der Waals surface area contributed by atoms with Crippen molar-refractivity contribution in [1.82, 2.24) is 5.32 Å². The highest BCUT2D eigenvalue weighted by molar-refractivity contribution is 5.85. The van der Waals surface area contributed by atoms with Crippen LogP contribution in [0.3, 0.4) is 0 Å². The Balaban J connectivity index is 2.05. The molecule has 0 atom stereocenters. The second-order valence-electron chi connectivity index (χ2n) is 6.84. The lowest BCUT2D eigenvalue weighted by molar-refractivity contribution is 0.304. The first kappa shape index (κ1) is 15.1. The van der Waals surface area contributed by atoms with Crippen LogP contribution in [0.15, 0.2) is 42.5 Å². The van der Waals surface area contributed by atoms with Crippen molar-refractivity contribution in [2.24, 2.45) is 5.41 Å². The maximum Gasteiger partial charge on any atom is 0.00106 e. The van der Waals surface area contributed by atoms with Gasteiger partial charge in [0.05, 0.1) is 0 Å². The van der Waals surface area contributed by atoms with Crippen molar-refractivity contribution in [2.45, 2.75) is 46.6 Å². The van der Waals surface area contributed by atoms with E-state index in [1.165, 1.54) is 22.8 Å². The Bertz CT molecular complexity index is 549. The number of hydrogen-bond acceptors (Lipinski definition) is 1. The van der Waals surface area contributed by atoms with Crippen LogP contribution in [-0.4, -0.2) is 12.6 Å². The summed E-state index contributed by atoms with van der Waals surface area (Å²) < 4.78 is 0. The van der Waals surface area contributed by atoms with Crippen LogP contribution in [0.1, 0.15) is 39.7 Å². The molecule has 0 aliphatic carbocycles. The minimum absolute atomic E-state index is 0.335. The fourth-order valence-electron chi connectivity index (χ4n) is 2.55. The van der Waals surface area contributed by atoms with Crippen LogP contribution in [-0.2, 0) is 6.42 Å². The number of hydrogen-bond donors (Lipinski definition) is 1. The van der Waals surface area contributed by atoms with E-state index >= 15 is 0 Å². The Kier molecular flexibility index (Phi) is 4.82. The summed E-state index contributed by atoms with van der Waals surface area (Å²) in [5, 5.41) is 6.31. The number of fused-ring (bicyclic) bond motifs is 1. The van der Waals surface area contributed by atoms with Crippen LogP contribution in [0.2, 0.25) is 0 Å². The third kappa shape index (κ3) is 4.08. The Morgan fingerprint density at radius 2 is 1.70 bits per heavy atom. The van der Waals surface area contributed by atoms with E-state index in [1.807, 2.05) is 0 Å². The van der Waals surface area contributed by atoms with E-state index < -0.39 is 0 Å². The summed E-state index contributed by atoms with van der Waals surface area (Å²) in [4.78, 5) is 0. The first-order valence-electron chi connectivity index (χ1n) is 7.68. The molecule has 2 aromatic carbocycles. The van der Waals surface area contributed by atoms with Gasteiger partial charge in [-0.1, -0.05) is 70.2 Å². The van der Waals surface area contributed by atoms with Gasteiger partial charge in [0.25, 0.3) is 0 Å². The van der Waals surface area contributed by atoms with Gasteiger partial charge in [0.2, 0.25) is 0 Å². The largest absolute Gasteiger partial charge is 0.314 e. The highest BCUT2D eigenvalue weighted by Gasteiger charge is 2.18. The van der Waals surface area contributed by atoms with E-state index in [2.05, 4.69) is 75.5 Å². The second kappa shape index (κ2) is 6.41. The molecule has 0 radical (unpaired) electrons.